The van der Waals surface area contributed by atoms with E-state index in [4.69, 9.17) is 16.0 Å². The van der Waals surface area contributed by atoms with Crippen LogP contribution in [0, 0.1) is 0 Å². The first-order valence-electron chi connectivity index (χ1n) is 8.76. The standard InChI is InChI=1S/C21H17ClN2O3S/c22-14-7-5-13(6-8-14)17-10-9-15(27-17)12-23-20(25)11-19-21(26)24-16-3-1-2-4-18(16)28-19/h1-10,19H,11-12H2,(H,23,25)(H,24,26). The van der Waals surface area contributed by atoms with E-state index in [0.29, 0.717) is 16.5 Å². The molecule has 1 aliphatic rings. The monoisotopic (exact) mass is 412 g/mol. The fourth-order valence-corrected chi connectivity index (χ4v) is 4.13. The van der Waals surface area contributed by atoms with Crippen molar-refractivity contribution in [2.24, 2.45) is 0 Å². The molecule has 0 fully saturated rings. The van der Waals surface area contributed by atoms with Crippen LogP contribution in [0.2, 0.25) is 5.02 Å². The molecule has 2 heterocycles. The lowest BCUT2D eigenvalue weighted by Gasteiger charge is -2.23. The first kappa shape index (κ1) is 18.7. The van der Waals surface area contributed by atoms with Crippen molar-refractivity contribution in [2.45, 2.75) is 23.1 Å². The van der Waals surface area contributed by atoms with Crippen LogP contribution in [-0.2, 0) is 16.1 Å². The van der Waals surface area contributed by atoms with Crippen LogP contribution in [0.3, 0.4) is 0 Å². The molecule has 5 nitrogen and oxygen atoms in total. The van der Waals surface area contributed by atoms with Crippen LogP contribution in [0.25, 0.3) is 11.3 Å². The van der Waals surface area contributed by atoms with Gasteiger partial charge >= 0.3 is 0 Å². The molecule has 0 radical (unpaired) electrons. The molecule has 0 spiro atoms. The number of carbonyl (C=O) groups excluding carboxylic acids is 2. The average Bonchev–Trinajstić information content (AvgIpc) is 3.16. The van der Waals surface area contributed by atoms with Gasteiger partial charge in [0, 0.05) is 21.9 Å². The number of hydrogen-bond acceptors (Lipinski definition) is 4. The third-order valence-electron chi connectivity index (χ3n) is 4.33. The molecule has 2 aromatic carbocycles. The van der Waals surface area contributed by atoms with Gasteiger partial charge in [-0.15, -0.1) is 11.8 Å². The highest BCUT2D eigenvalue weighted by molar-refractivity contribution is 8.01. The molecule has 28 heavy (non-hydrogen) atoms. The lowest BCUT2D eigenvalue weighted by Crippen LogP contribution is -2.34. The molecule has 2 amide bonds. The predicted octanol–water partition coefficient (Wildman–Crippen LogP) is 4.72. The zero-order chi connectivity index (χ0) is 19.5. The molecule has 1 aliphatic heterocycles. The summed E-state index contributed by atoms with van der Waals surface area (Å²) in [7, 11) is 0. The molecule has 1 unspecified atom stereocenters. The van der Waals surface area contributed by atoms with Crippen LogP contribution in [0.1, 0.15) is 12.2 Å². The van der Waals surface area contributed by atoms with Crippen molar-refractivity contribution in [2.75, 3.05) is 5.32 Å². The highest BCUT2D eigenvalue weighted by Gasteiger charge is 2.28. The number of nitrogens with one attached hydrogen (secondary N) is 2. The largest absolute Gasteiger partial charge is 0.459 e. The van der Waals surface area contributed by atoms with E-state index in [1.807, 2.05) is 48.5 Å². The summed E-state index contributed by atoms with van der Waals surface area (Å²) in [5.74, 6) is 1.00. The minimum Gasteiger partial charge on any atom is -0.459 e. The lowest BCUT2D eigenvalue weighted by atomic mass is 10.2. The van der Waals surface area contributed by atoms with Crippen LogP contribution in [0.4, 0.5) is 5.69 Å². The zero-order valence-electron chi connectivity index (χ0n) is 14.8. The normalized spacial score (nSPS) is 15.6. The van der Waals surface area contributed by atoms with Gasteiger partial charge in [0.25, 0.3) is 0 Å². The Hall–Kier alpha value is -2.70. The predicted molar refractivity (Wildman–Crippen MR) is 110 cm³/mol. The Kier molecular flexibility index (Phi) is 5.41. The van der Waals surface area contributed by atoms with E-state index in [-0.39, 0.29) is 24.8 Å². The maximum absolute atomic E-state index is 12.3. The molecule has 0 saturated carbocycles. The molecule has 7 heteroatoms. The molecule has 2 N–H and O–H groups in total. The average molecular weight is 413 g/mol. The van der Waals surface area contributed by atoms with E-state index in [9.17, 15) is 9.59 Å². The van der Waals surface area contributed by atoms with E-state index in [2.05, 4.69) is 10.6 Å². The van der Waals surface area contributed by atoms with Gasteiger partial charge in [-0.3, -0.25) is 9.59 Å². The van der Waals surface area contributed by atoms with Crippen molar-refractivity contribution in [1.82, 2.24) is 5.32 Å². The quantitative estimate of drug-likeness (QED) is 0.636. The van der Waals surface area contributed by atoms with E-state index in [1.165, 1.54) is 11.8 Å². The van der Waals surface area contributed by atoms with Crippen molar-refractivity contribution >= 4 is 40.9 Å². The molecule has 1 aromatic heterocycles. The van der Waals surface area contributed by atoms with E-state index in [0.717, 1.165) is 16.1 Å². The molecular weight excluding hydrogens is 396 g/mol. The number of amides is 2. The summed E-state index contributed by atoms with van der Waals surface area (Å²) in [5.41, 5.74) is 1.70. The number of carbonyl (C=O) groups is 2. The maximum Gasteiger partial charge on any atom is 0.238 e. The van der Waals surface area contributed by atoms with Gasteiger partial charge in [-0.25, -0.2) is 0 Å². The number of anilines is 1. The summed E-state index contributed by atoms with van der Waals surface area (Å²) >= 11 is 7.31. The van der Waals surface area contributed by atoms with Crippen LogP contribution >= 0.6 is 23.4 Å². The fraction of sp³-hybridized carbons (Fsp3) is 0.143. The Balaban J connectivity index is 1.33. The maximum atomic E-state index is 12.3. The highest BCUT2D eigenvalue weighted by Crippen LogP contribution is 2.36. The number of thioether (sulfide) groups is 1. The molecular formula is C21H17ClN2O3S. The topological polar surface area (TPSA) is 71.3 Å². The number of benzene rings is 2. The minimum atomic E-state index is -0.448. The Morgan fingerprint density at radius 2 is 1.89 bits per heavy atom. The third kappa shape index (κ3) is 4.24. The second kappa shape index (κ2) is 8.12. The number of hydrogen-bond donors (Lipinski definition) is 2. The summed E-state index contributed by atoms with van der Waals surface area (Å²) in [6.07, 6.45) is 0.107. The van der Waals surface area contributed by atoms with Crippen LogP contribution in [0.5, 0.6) is 0 Å². The van der Waals surface area contributed by atoms with E-state index < -0.39 is 5.25 Å². The second-order valence-electron chi connectivity index (χ2n) is 6.35. The van der Waals surface area contributed by atoms with Gasteiger partial charge in [0.15, 0.2) is 0 Å². The number of para-hydroxylation sites is 1. The number of rotatable bonds is 5. The van der Waals surface area contributed by atoms with Crippen molar-refractivity contribution in [1.29, 1.82) is 0 Å². The molecule has 142 valence electrons. The summed E-state index contributed by atoms with van der Waals surface area (Å²) in [6.45, 7) is 0.266. The SMILES string of the molecule is O=C(CC1Sc2ccccc2NC1=O)NCc1ccc(-c2ccc(Cl)cc2)o1. The summed E-state index contributed by atoms with van der Waals surface area (Å²) in [5, 5.41) is 5.88. The summed E-state index contributed by atoms with van der Waals surface area (Å²) in [6, 6.07) is 18.6. The Morgan fingerprint density at radius 3 is 2.71 bits per heavy atom. The van der Waals surface area contributed by atoms with Gasteiger partial charge < -0.3 is 15.1 Å². The molecule has 4 rings (SSSR count). The second-order valence-corrected chi connectivity index (χ2v) is 8.03. The molecule has 0 aliphatic carbocycles. The molecule has 0 saturated heterocycles. The fourth-order valence-electron chi connectivity index (χ4n) is 2.90. The smallest absolute Gasteiger partial charge is 0.238 e. The van der Waals surface area contributed by atoms with Crippen LogP contribution in [0.15, 0.2) is 70.0 Å². The number of halogens is 1. The molecule has 0 bridgehead atoms. The van der Waals surface area contributed by atoms with Crippen molar-refractivity contribution < 1.29 is 14.0 Å². The third-order valence-corrected chi connectivity index (χ3v) is 5.85. The minimum absolute atomic E-state index is 0.107. The summed E-state index contributed by atoms with van der Waals surface area (Å²) < 4.78 is 5.78. The highest BCUT2D eigenvalue weighted by atomic mass is 35.5. The molecule has 1 atom stereocenters. The van der Waals surface area contributed by atoms with Gasteiger partial charge in [-0.2, -0.15) is 0 Å². The van der Waals surface area contributed by atoms with Crippen LogP contribution in [-0.4, -0.2) is 17.1 Å². The Labute approximate surface area is 171 Å². The Morgan fingerprint density at radius 1 is 1.11 bits per heavy atom. The van der Waals surface area contributed by atoms with Gasteiger partial charge in [-0.1, -0.05) is 23.7 Å². The Bertz CT molecular complexity index is 1020. The van der Waals surface area contributed by atoms with Crippen LogP contribution < -0.4 is 10.6 Å². The van der Waals surface area contributed by atoms with Gasteiger partial charge in [0.2, 0.25) is 11.8 Å². The van der Waals surface area contributed by atoms with E-state index in [1.54, 1.807) is 12.1 Å². The number of furan rings is 1. The summed E-state index contributed by atoms with van der Waals surface area (Å²) in [4.78, 5) is 25.5. The van der Waals surface area contributed by atoms with E-state index >= 15 is 0 Å². The van der Waals surface area contributed by atoms with Crippen molar-refractivity contribution in [3.05, 3.63) is 71.4 Å². The number of fused-ring (bicyclic) bond motifs is 1. The zero-order valence-corrected chi connectivity index (χ0v) is 16.3. The van der Waals surface area contributed by atoms with Crippen molar-refractivity contribution in [3.63, 3.8) is 0 Å². The van der Waals surface area contributed by atoms with Gasteiger partial charge in [-0.05, 0) is 48.5 Å². The van der Waals surface area contributed by atoms with Crippen molar-refractivity contribution in [3.8, 4) is 11.3 Å². The first-order chi connectivity index (χ1) is 13.6. The van der Waals surface area contributed by atoms with Gasteiger partial charge in [0.05, 0.1) is 17.5 Å². The lowest BCUT2D eigenvalue weighted by molar-refractivity contribution is -0.124. The first-order valence-corrected chi connectivity index (χ1v) is 10.0. The molecule has 3 aromatic rings. The van der Waals surface area contributed by atoms with Gasteiger partial charge in [0.1, 0.15) is 11.5 Å².